The summed E-state index contributed by atoms with van der Waals surface area (Å²) < 4.78 is 34.5. The maximum Gasteiger partial charge on any atom is 0.410 e. The van der Waals surface area contributed by atoms with Gasteiger partial charge in [-0.1, -0.05) is 76.0 Å². The highest BCUT2D eigenvalue weighted by atomic mass is 19.3. The normalized spacial score (nSPS) is 19.5. The summed E-state index contributed by atoms with van der Waals surface area (Å²) in [6.07, 6.45) is 23.4. The number of hydrogen-bond donors (Lipinski definition) is 0. The number of rotatable bonds is 15. The van der Waals surface area contributed by atoms with Crippen molar-refractivity contribution in [3.63, 3.8) is 0 Å². The third kappa shape index (κ3) is 14.2. The molecule has 1 heterocycles. The van der Waals surface area contributed by atoms with Crippen molar-refractivity contribution in [2.75, 3.05) is 26.2 Å². The second-order valence-corrected chi connectivity index (χ2v) is 14.4. The Labute approximate surface area is 338 Å². The number of hydrogen-bond acceptors (Lipinski definition) is 5. The van der Waals surface area contributed by atoms with Crippen LogP contribution in [0.3, 0.4) is 0 Å². The van der Waals surface area contributed by atoms with Crippen LogP contribution in [0.1, 0.15) is 122 Å². The van der Waals surface area contributed by atoms with Gasteiger partial charge < -0.3 is 14.5 Å². The van der Waals surface area contributed by atoms with Crippen LogP contribution in [0.4, 0.5) is 13.6 Å². The van der Waals surface area contributed by atoms with E-state index in [2.05, 4.69) is 75.3 Å². The predicted octanol–water partition coefficient (Wildman–Crippen LogP) is 13.0. The zero-order valence-electron chi connectivity index (χ0n) is 36.6. The fourth-order valence-electron chi connectivity index (χ4n) is 6.67. The van der Waals surface area contributed by atoms with Crippen molar-refractivity contribution in [2.24, 2.45) is 10.9 Å². The Hall–Kier alpha value is -4.47. The summed E-state index contributed by atoms with van der Waals surface area (Å²) >= 11 is 0. The molecule has 0 aromatic rings. The Kier molecular flexibility index (Phi) is 22.0. The fraction of sp³-hybridized carbons (Fsp3) is 0.542. The molecule has 1 amide bonds. The first kappa shape index (κ1) is 49.5. The summed E-state index contributed by atoms with van der Waals surface area (Å²) in [7, 11) is 0. The molecule has 2 atom stereocenters. The molecule has 8 heteroatoms. The van der Waals surface area contributed by atoms with E-state index in [0.29, 0.717) is 31.8 Å². The summed E-state index contributed by atoms with van der Waals surface area (Å²) in [6, 6.07) is 2.16. The van der Waals surface area contributed by atoms with E-state index in [9.17, 15) is 18.8 Å². The number of unbranched alkanes of at least 4 members (excludes halogenated alkanes) is 1. The molecule has 0 bridgehead atoms. The fourth-order valence-corrected chi connectivity index (χ4v) is 6.67. The zero-order chi connectivity index (χ0) is 42.5. The van der Waals surface area contributed by atoms with Gasteiger partial charge in [-0.2, -0.15) is 5.26 Å². The smallest absolute Gasteiger partial charge is 0.410 e. The monoisotopic (exact) mass is 773 g/mol. The highest BCUT2D eigenvalue weighted by molar-refractivity contribution is 6.05. The van der Waals surface area contributed by atoms with Crippen LogP contribution in [-0.4, -0.2) is 65.3 Å². The highest BCUT2D eigenvalue weighted by Gasteiger charge is 2.49. The lowest BCUT2D eigenvalue weighted by molar-refractivity contribution is -0.169. The molecule has 0 saturated carbocycles. The van der Waals surface area contributed by atoms with Gasteiger partial charge >= 0.3 is 6.09 Å². The van der Waals surface area contributed by atoms with Crippen LogP contribution in [0.2, 0.25) is 0 Å². The first-order valence-corrected chi connectivity index (χ1v) is 20.5. The van der Waals surface area contributed by atoms with E-state index in [4.69, 9.17) is 9.73 Å². The largest absolute Gasteiger partial charge is 0.437 e. The molecule has 0 aromatic heterocycles. The van der Waals surface area contributed by atoms with Crippen molar-refractivity contribution >= 4 is 11.8 Å². The van der Waals surface area contributed by atoms with Crippen molar-refractivity contribution in [1.29, 1.82) is 5.26 Å². The molecule has 6 nitrogen and oxygen atoms in total. The molecule has 56 heavy (non-hydrogen) atoms. The number of aliphatic imine (C=N–C) groups is 1. The number of allylic oxidation sites excluding steroid dienone is 16. The molecule has 3 aliphatic rings. The number of nitrogens with zero attached hydrogens (tertiary/aromatic N) is 4. The van der Waals surface area contributed by atoms with Gasteiger partial charge in [0.15, 0.2) is 5.60 Å². The molecule has 2 unspecified atom stereocenters. The van der Waals surface area contributed by atoms with Crippen molar-refractivity contribution in [1.82, 2.24) is 9.80 Å². The number of alkyl halides is 2. The Morgan fingerprint density at radius 3 is 2.30 bits per heavy atom. The van der Waals surface area contributed by atoms with E-state index in [1.165, 1.54) is 26.3 Å². The molecular weight excluding hydrogens is 703 g/mol. The molecule has 0 spiro atoms. The van der Waals surface area contributed by atoms with Crippen LogP contribution in [0.25, 0.3) is 0 Å². The number of ether oxygens (including phenoxy) is 1. The summed E-state index contributed by atoms with van der Waals surface area (Å²) in [5.41, 5.74) is 9.70. The maximum atomic E-state index is 14.6. The van der Waals surface area contributed by atoms with E-state index in [1.807, 2.05) is 71.1 Å². The van der Waals surface area contributed by atoms with Gasteiger partial charge in [-0.15, -0.1) is 5.73 Å². The quantitative estimate of drug-likeness (QED) is 0.0546. The zero-order valence-corrected chi connectivity index (χ0v) is 36.6. The number of piperazine rings is 1. The van der Waals surface area contributed by atoms with Crippen LogP contribution in [0.5, 0.6) is 0 Å². The average molecular weight is 773 g/mol. The van der Waals surface area contributed by atoms with Gasteiger partial charge in [0.05, 0.1) is 11.6 Å². The molecule has 2 aliphatic carbocycles. The second-order valence-electron chi connectivity index (χ2n) is 14.4. The van der Waals surface area contributed by atoms with Crippen LogP contribution in [0.15, 0.2) is 117 Å². The van der Waals surface area contributed by atoms with Crippen molar-refractivity contribution in [2.45, 2.75) is 139 Å². The molecule has 0 N–H and O–H groups in total. The molecule has 1 fully saturated rings. The van der Waals surface area contributed by atoms with E-state index in [-0.39, 0.29) is 12.0 Å². The number of carbonyl (C=O) groups is 1. The van der Waals surface area contributed by atoms with Crippen molar-refractivity contribution < 1.29 is 18.3 Å². The third-order valence-electron chi connectivity index (χ3n) is 10.1. The molecule has 0 aromatic carbocycles. The highest BCUT2D eigenvalue weighted by Crippen LogP contribution is 2.38. The number of nitriles is 1. The number of carbonyl (C=O) groups excluding carboxylic acids is 1. The molecule has 1 aliphatic heterocycles. The average Bonchev–Trinajstić information content (AvgIpc) is 3.34. The number of halogens is 2. The lowest BCUT2D eigenvalue weighted by atomic mass is 9.78. The molecule has 0 radical (unpaired) electrons. The Balaban J connectivity index is 0.00000245. The van der Waals surface area contributed by atoms with E-state index < -0.39 is 24.0 Å². The van der Waals surface area contributed by atoms with Crippen LogP contribution in [-0.2, 0) is 4.74 Å². The lowest BCUT2D eigenvalue weighted by Gasteiger charge is -2.43. The standard InChI is InChI=1S/C42H56F2N4O2.C4H8.C2H6/c1-10-17-37(35-19-16-20-35)36(11-2)39(38(46-13-4)21-15-14-18-33-26-30(5)22-23-34(27-33)28-45)32(7)48-25-24-47(29-31(48)6)40(49)50-41(8,9)42(43,44)12-3;1-3-4-2;1-2/h10-11,16-17,19,22-23,27,31,35H,1,12-15,18,20-21,24-25,29H2,2-9H3;3-4H,1-2H3;1-2H3/b36-11-,37-17+,39-32+,46-38?;4-3-;. The van der Waals surface area contributed by atoms with Crippen LogP contribution in [0, 0.1) is 17.2 Å². The van der Waals surface area contributed by atoms with Gasteiger partial charge in [0.25, 0.3) is 5.92 Å². The first-order valence-electron chi connectivity index (χ1n) is 20.5. The molecular formula is C48H70F2N4O2. The minimum absolute atomic E-state index is 0.0931. The van der Waals surface area contributed by atoms with Gasteiger partial charge in [0.2, 0.25) is 0 Å². The summed E-state index contributed by atoms with van der Waals surface area (Å²) in [5.74, 6) is -2.85. The Bertz CT molecular complexity index is 1680. The van der Waals surface area contributed by atoms with Crippen LogP contribution < -0.4 is 0 Å². The van der Waals surface area contributed by atoms with E-state index in [1.54, 1.807) is 4.90 Å². The summed E-state index contributed by atoms with van der Waals surface area (Å²) in [6.45, 7) is 28.1. The summed E-state index contributed by atoms with van der Waals surface area (Å²) in [5, 5.41) is 9.49. The van der Waals surface area contributed by atoms with Gasteiger partial charge in [0, 0.05) is 61.5 Å². The Morgan fingerprint density at radius 2 is 1.80 bits per heavy atom. The van der Waals surface area contributed by atoms with Gasteiger partial charge in [-0.25, -0.2) is 13.6 Å². The van der Waals surface area contributed by atoms with Crippen molar-refractivity contribution in [3.8, 4) is 6.07 Å². The third-order valence-corrected chi connectivity index (χ3v) is 10.1. The van der Waals surface area contributed by atoms with Crippen LogP contribution >= 0.6 is 0 Å². The predicted molar refractivity (Wildman–Crippen MR) is 233 cm³/mol. The molecule has 308 valence electrons. The van der Waals surface area contributed by atoms with E-state index in [0.717, 1.165) is 65.8 Å². The van der Waals surface area contributed by atoms with Gasteiger partial charge in [-0.3, -0.25) is 4.99 Å². The van der Waals surface area contributed by atoms with Gasteiger partial charge in [-0.05, 0) is 129 Å². The SMILES string of the molecule is C/C=C\C.C=C/C=C(C(=C/C)/C(C(CCCCC1=C=C(C)C=CC(C#N)=C1)=NCC)=C(/C)N1CCN(C(=O)OC(C)(C)C(F)(F)CC)CC1C)\C1C=CC1.CC. The van der Waals surface area contributed by atoms with Crippen molar-refractivity contribution in [3.05, 3.63) is 112 Å². The molecule has 3 rings (SSSR count). The van der Waals surface area contributed by atoms with E-state index >= 15 is 0 Å². The van der Waals surface area contributed by atoms with Gasteiger partial charge in [0.1, 0.15) is 0 Å². The number of amides is 1. The minimum atomic E-state index is -3.13. The lowest BCUT2D eigenvalue weighted by Crippen LogP contribution is -2.55. The maximum absolute atomic E-state index is 14.6. The second kappa shape index (κ2) is 24.9. The summed E-state index contributed by atoms with van der Waals surface area (Å²) in [4.78, 5) is 22.1. The topological polar surface area (TPSA) is 68.9 Å². The molecule has 1 saturated heterocycles. The first-order chi connectivity index (χ1) is 26.6. The minimum Gasteiger partial charge on any atom is -0.437 e. The Morgan fingerprint density at radius 1 is 1.14 bits per heavy atom.